The fourth-order valence-corrected chi connectivity index (χ4v) is 11.2. The maximum Gasteiger partial charge on any atom is 0.264 e. The van der Waals surface area contributed by atoms with Gasteiger partial charge in [-0.3, -0.25) is 39.0 Å². The molecule has 69 heavy (non-hydrogen) atoms. The van der Waals surface area contributed by atoms with Gasteiger partial charge in [-0.15, -0.1) is 0 Å². The minimum atomic E-state index is -1.12. The Hall–Kier alpha value is -7.60. The van der Waals surface area contributed by atoms with Crippen molar-refractivity contribution in [1.29, 1.82) is 0 Å². The van der Waals surface area contributed by atoms with Crippen LogP contribution in [0.3, 0.4) is 0 Å². The summed E-state index contributed by atoms with van der Waals surface area (Å²) in [4.78, 5) is 81.8. The van der Waals surface area contributed by atoms with E-state index in [1.807, 2.05) is 41.0 Å². The first-order chi connectivity index (χ1) is 33.5. The number of carbonyl (C=O) groups is 6. The van der Waals surface area contributed by atoms with Gasteiger partial charge in [-0.1, -0.05) is 48.5 Å². The Morgan fingerprint density at radius 2 is 1.57 bits per heavy atom. The highest BCUT2D eigenvalue weighted by molar-refractivity contribution is 6.31. The number of nitrogens with one attached hydrogen (secondary N) is 3. The second-order valence-corrected chi connectivity index (χ2v) is 18.0. The lowest BCUT2D eigenvalue weighted by Crippen LogP contribution is -2.54. The first kappa shape index (κ1) is 43.9. The number of carbonyl (C=O) groups excluding carboxylic acids is 6. The van der Waals surface area contributed by atoms with E-state index in [4.69, 9.17) is 14.2 Å². The molecular formula is C52H49N7O10. The molecule has 6 amide bonds. The average Bonchev–Trinajstić information content (AvgIpc) is 4.08. The number of aliphatic hydroxyl groups excluding tert-OH is 1. The van der Waals surface area contributed by atoms with Crippen LogP contribution in [0.1, 0.15) is 85.5 Å². The van der Waals surface area contributed by atoms with Gasteiger partial charge >= 0.3 is 0 Å². The first-order valence-electron chi connectivity index (χ1n) is 23.1. The molecular weight excluding hydrogens is 883 g/mol. The molecule has 4 N–H and O–H groups in total. The molecule has 0 radical (unpaired) electrons. The second kappa shape index (κ2) is 17.2. The van der Waals surface area contributed by atoms with Crippen LogP contribution in [0.4, 0.5) is 5.69 Å². The molecule has 17 nitrogen and oxygen atoms in total. The van der Waals surface area contributed by atoms with Gasteiger partial charge in [0.25, 0.3) is 23.6 Å². The van der Waals surface area contributed by atoms with Crippen LogP contribution >= 0.6 is 0 Å². The molecule has 17 heteroatoms. The fraction of sp³-hybridized carbons (Fsp3) is 0.308. The van der Waals surface area contributed by atoms with E-state index in [-0.39, 0.29) is 68.1 Å². The zero-order chi connectivity index (χ0) is 47.8. The van der Waals surface area contributed by atoms with Gasteiger partial charge < -0.3 is 44.0 Å². The lowest BCUT2D eigenvalue weighted by Gasteiger charge is -2.38. The van der Waals surface area contributed by atoms with Gasteiger partial charge in [0.1, 0.15) is 24.6 Å². The predicted molar refractivity (Wildman–Crippen MR) is 255 cm³/mol. The summed E-state index contributed by atoms with van der Waals surface area (Å²) in [5.74, 6) is -2.27. The molecule has 4 aliphatic heterocycles. The third-order valence-electron chi connectivity index (χ3n) is 14.3. The van der Waals surface area contributed by atoms with Crippen molar-refractivity contribution in [2.45, 2.75) is 63.2 Å². The van der Waals surface area contributed by atoms with Crippen molar-refractivity contribution in [1.82, 2.24) is 29.6 Å². The van der Waals surface area contributed by atoms with E-state index in [2.05, 4.69) is 39.6 Å². The van der Waals surface area contributed by atoms with Crippen LogP contribution in [0.5, 0.6) is 5.75 Å². The Bertz CT molecular complexity index is 3340. The molecule has 352 valence electrons. The van der Waals surface area contributed by atoms with E-state index in [0.717, 1.165) is 54.1 Å². The molecule has 5 atom stereocenters. The molecule has 5 aromatic carbocycles. The SMILES string of the molecule is CO[C@H]1C(C)n2c3ccccc3c3c4c(c5c6ccccc6n(c5c32)[C@H](O)C[C@H]1N(C)C(=O)c1cccc(OCCOCCNc2cccc3c2C(=O)N(C2CCC(=O)NC2=O)C3=O)c1)C(=O)NC4. The van der Waals surface area contributed by atoms with Crippen LogP contribution in [-0.2, 0) is 25.6 Å². The number of aliphatic hydroxyl groups is 1. The smallest absolute Gasteiger partial charge is 0.264 e. The number of methoxy groups -OCH3 is 1. The summed E-state index contributed by atoms with van der Waals surface area (Å²) >= 11 is 0. The van der Waals surface area contributed by atoms with Crippen LogP contribution in [0.2, 0.25) is 0 Å². The number of para-hydroxylation sites is 2. The lowest BCUT2D eigenvalue weighted by molar-refractivity contribution is -0.136. The monoisotopic (exact) mass is 931 g/mol. The van der Waals surface area contributed by atoms with E-state index in [1.165, 1.54) is 6.07 Å². The minimum absolute atomic E-state index is 0.0342. The maximum atomic E-state index is 14.6. The minimum Gasteiger partial charge on any atom is -0.491 e. The number of ether oxygens (including phenoxy) is 3. The van der Waals surface area contributed by atoms with E-state index in [9.17, 15) is 33.9 Å². The molecule has 2 aromatic heterocycles. The lowest BCUT2D eigenvalue weighted by atomic mass is 9.96. The molecule has 11 rings (SSSR count). The molecule has 6 heterocycles. The summed E-state index contributed by atoms with van der Waals surface area (Å²) < 4.78 is 22.4. The molecule has 1 saturated heterocycles. The van der Waals surface area contributed by atoms with E-state index in [0.29, 0.717) is 35.7 Å². The van der Waals surface area contributed by atoms with Crippen molar-refractivity contribution in [3.8, 4) is 5.75 Å². The Balaban J connectivity index is 0.791. The zero-order valence-electron chi connectivity index (χ0n) is 38.1. The first-order valence-corrected chi connectivity index (χ1v) is 23.1. The Morgan fingerprint density at radius 1 is 0.841 bits per heavy atom. The quantitative estimate of drug-likeness (QED) is 0.0870. The van der Waals surface area contributed by atoms with Crippen molar-refractivity contribution >= 4 is 84.7 Å². The fourth-order valence-electron chi connectivity index (χ4n) is 11.2. The number of piperidine rings is 1. The number of hydrogen-bond acceptors (Lipinski definition) is 11. The topological polar surface area (TPSA) is 203 Å². The standard InChI is InChI=1S/C52H49N7O10/c1-27-47(67-3)38(25-40(61)58-36-17-7-5-13-31(36)43-44-33(26-54-49(44)63)41-30-12-4-6-16-35(30)57(27)45(41)46(43)58)56(2)50(64)28-10-8-11-29(24-28)69-23-22-68-21-20-53-34-15-9-14-32-42(34)52(66)59(51(32)65)37-18-19-39(60)55-48(37)62/h4-17,24,27,37-38,40,47,53,61H,18-23,25-26H2,1-3H3,(H,54,63)(H,55,60,62)/t27?,37?,38-,40-,47+/m1/s1. The van der Waals surface area contributed by atoms with Crippen molar-refractivity contribution in [3.05, 3.63) is 119 Å². The zero-order valence-corrected chi connectivity index (χ0v) is 38.1. The summed E-state index contributed by atoms with van der Waals surface area (Å²) in [6, 6.07) is 25.7. The van der Waals surface area contributed by atoms with Crippen molar-refractivity contribution < 1.29 is 48.1 Å². The number of likely N-dealkylation sites (N-methyl/N-ethyl adjacent to an activating group) is 1. The number of anilines is 1. The van der Waals surface area contributed by atoms with Crippen molar-refractivity contribution in [2.75, 3.05) is 45.8 Å². The van der Waals surface area contributed by atoms with Crippen LogP contribution in [-0.4, -0.2) is 118 Å². The van der Waals surface area contributed by atoms with Gasteiger partial charge in [-0.2, -0.15) is 0 Å². The van der Waals surface area contributed by atoms with Crippen LogP contribution in [0.15, 0.2) is 91.0 Å². The number of nitrogens with zero attached hydrogens (tertiary/aromatic N) is 4. The molecule has 0 saturated carbocycles. The van der Waals surface area contributed by atoms with Gasteiger partial charge in [0.05, 0.1) is 64.6 Å². The average molecular weight is 932 g/mol. The van der Waals surface area contributed by atoms with Crippen molar-refractivity contribution in [2.24, 2.45) is 0 Å². The summed E-state index contributed by atoms with van der Waals surface area (Å²) in [7, 11) is 3.37. The summed E-state index contributed by atoms with van der Waals surface area (Å²) in [6.07, 6.45) is -1.48. The van der Waals surface area contributed by atoms with Gasteiger partial charge in [0, 0.05) is 78.4 Å². The number of aromatic nitrogens is 2. The van der Waals surface area contributed by atoms with Crippen LogP contribution < -0.4 is 20.7 Å². The van der Waals surface area contributed by atoms with Crippen LogP contribution in [0, 0.1) is 0 Å². The number of amides is 6. The van der Waals surface area contributed by atoms with Gasteiger partial charge in [-0.25, -0.2) is 0 Å². The molecule has 0 aliphatic carbocycles. The van der Waals surface area contributed by atoms with Gasteiger partial charge in [0.15, 0.2) is 0 Å². The number of rotatable bonds is 12. The normalized spacial score (nSPS) is 21.1. The predicted octanol–water partition coefficient (Wildman–Crippen LogP) is 5.67. The maximum absolute atomic E-state index is 14.6. The molecule has 4 aliphatic rings. The number of hydrogen-bond donors (Lipinski definition) is 4. The highest BCUT2D eigenvalue weighted by Gasteiger charge is 2.46. The number of fused-ring (bicyclic) bond motifs is 10. The van der Waals surface area contributed by atoms with E-state index < -0.39 is 48.0 Å². The Labute approximate surface area is 394 Å². The van der Waals surface area contributed by atoms with Gasteiger partial charge in [0.2, 0.25) is 11.8 Å². The van der Waals surface area contributed by atoms with E-state index in [1.54, 1.807) is 55.5 Å². The largest absolute Gasteiger partial charge is 0.491 e. The highest BCUT2D eigenvalue weighted by atomic mass is 16.5. The Kier molecular flexibility index (Phi) is 10.9. The summed E-state index contributed by atoms with van der Waals surface area (Å²) in [5.41, 5.74) is 6.11. The molecule has 1 fully saturated rings. The number of imide groups is 2. The third kappa shape index (κ3) is 6.93. The third-order valence-corrected chi connectivity index (χ3v) is 14.3. The van der Waals surface area contributed by atoms with Crippen LogP contribution in [0.25, 0.3) is 43.6 Å². The van der Waals surface area contributed by atoms with Gasteiger partial charge in [-0.05, 0) is 61.4 Å². The molecule has 7 aromatic rings. The second-order valence-electron chi connectivity index (χ2n) is 18.0. The van der Waals surface area contributed by atoms with Crippen molar-refractivity contribution in [3.63, 3.8) is 0 Å². The Morgan fingerprint density at radius 3 is 2.33 bits per heavy atom. The highest BCUT2D eigenvalue weighted by Crippen LogP contribution is 2.48. The molecule has 0 bridgehead atoms. The summed E-state index contributed by atoms with van der Waals surface area (Å²) in [5, 5.41) is 24.6. The summed E-state index contributed by atoms with van der Waals surface area (Å²) in [6.45, 7) is 3.38. The van der Waals surface area contributed by atoms with E-state index >= 15 is 0 Å². The molecule has 0 spiro atoms. The molecule has 2 unspecified atom stereocenters. The number of benzene rings is 5.